The molecular weight excluding hydrogens is 484 g/mol. The van der Waals surface area contributed by atoms with Crippen LogP contribution in [0.25, 0.3) is 0 Å². The molecule has 188 valence electrons. The highest BCUT2D eigenvalue weighted by molar-refractivity contribution is 7.92. The highest BCUT2D eigenvalue weighted by Crippen LogP contribution is 2.26. The van der Waals surface area contributed by atoms with Crippen LogP contribution in [0.4, 0.5) is 17.1 Å². The van der Waals surface area contributed by atoms with Gasteiger partial charge in [0.1, 0.15) is 6.54 Å². The van der Waals surface area contributed by atoms with E-state index in [2.05, 4.69) is 10.6 Å². The summed E-state index contributed by atoms with van der Waals surface area (Å²) in [6.45, 7) is 3.16. The lowest BCUT2D eigenvalue weighted by molar-refractivity contribution is -0.384. The van der Waals surface area contributed by atoms with Gasteiger partial charge in [-0.2, -0.15) is 0 Å². The highest BCUT2D eigenvalue weighted by Gasteiger charge is 2.28. The zero-order chi connectivity index (χ0) is 26.3. The van der Waals surface area contributed by atoms with Crippen molar-refractivity contribution in [2.45, 2.75) is 31.2 Å². The lowest BCUT2D eigenvalue weighted by Gasteiger charge is -2.24. The normalized spacial score (nSPS) is 11.8. The summed E-state index contributed by atoms with van der Waals surface area (Å²) in [6, 6.07) is 18.7. The van der Waals surface area contributed by atoms with Gasteiger partial charge in [-0.3, -0.25) is 24.0 Å². The number of benzene rings is 3. The van der Waals surface area contributed by atoms with E-state index < -0.39 is 27.4 Å². The van der Waals surface area contributed by atoms with Crippen molar-refractivity contribution in [2.75, 3.05) is 16.2 Å². The van der Waals surface area contributed by atoms with Gasteiger partial charge in [-0.1, -0.05) is 37.3 Å². The van der Waals surface area contributed by atoms with Crippen LogP contribution in [-0.4, -0.2) is 37.7 Å². The number of carbonyl (C=O) groups is 2. The molecule has 0 aliphatic rings. The Morgan fingerprint density at radius 3 is 2.19 bits per heavy atom. The van der Waals surface area contributed by atoms with Crippen molar-refractivity contribution in [3.8, 4) is 0 Å². The van der Waals surface area contributed by atoms with Gasteiger partial charge < -0.3 is 10.6 Å². The van der Waals surface area contributed by atoms with Crippen LogP contribution in [0.2, 0.25) is 0 Å². The van der Waals surface area contributed by atoms with Crippen LogP contribution in [0.5, 0.6) is 0 Å². The maximum Gasteiger partial charge on any atom is 0.269 e. The topological polar surface area (TPSA) is 139 Å². The molecule has 0 spiro atoms. The first-order valence-electron chi connectivity index (χ1n) is 11.2. The van der Waals surface area contributed by atoms with Crippen molar-refractivity contribution < 1.29 is 22.9 Å². The summed E-state index contributed by atoms with van der Waals surface area (Å²) in [5.41, 5.74) is 0.312. The number of hydrogen-bond acceptors (Lipinski definition) is 6. The van der Waals surface area contributed by atoms with E-state index in [1.54, 1.807) is 42.5 Å². The average Bonchev–Trinajstić information content (AvgIpc) is 2.88. The van der Waals surface area contributed by atoms with Crippen molar-refractivity contribution in [3.63, 3.8) is 0 Å². The van der Waals surface area contributed by atoms with E-state index >= 15 is 0 Å². The Morgan fingerprint density at radius 1 is 0.972 bits per heavy atom. The lowest BCUT2D eigenvalue weighted by Crippen LogP contribution is -2.38. The first-order valence-corrected chi connectivity index (χ1v) is 12.6. The van der Waals surface area contributed by atoms with Crippen molar-refractivity contribution in [1.82, 2.24) is 5.32 Å². The molecule has 0 saturated heterocycles. The van der Waals surface area contributed by atoms with Gasteiger partial charge in [0.2, 0.25) is 5.91 Å². The minimum atomic E-state index is -4.20. The second-order valence-corrected chi connectivity index (χ2v) is 9.84. The SMILES string of the molecule is CC[C@@H](C)NC(=O)c1ccccc1NC(=O)CN(c1ccc([N+](=O)[O-])cc1)S(=O)(=O)c1ccccc1. The fraction of sp³-hybridized carbons (Fsp3) is 0.200. The van der Waals surface area contributed by atoms with Crippen molar-refractivity contribution in [2.24, 2.45) is 0 Å². The number of hydrogen-bond donors (Lipinski definition) is 2. The molecule has 3 rings (SSSR count). The molecule has 0 heterocycles. The summed E-state index contributed by atoms with van der Waals surface area (Å²) >= 11 is 0. The Labute approximate surface area is 209 Å². The van der Waals surface area contributed by atoms with Crippen LogP contribution in [0, 0.1) is 10.1 Å². The lowest BCUT2D eigenvalue weighted by atomic mass is 10.1. The standard InChI is InChI=1S/C25H26N4O6S/c1-3-18(2)26-25(31)22-11-7-8-12-23(22)27-24(30)17-28(19-13-15-20(16-14-19)29(32)33)36(34,35)21-9-5-4-6-10-21/h4-16,18H,3,17H2,1-2H3,(H,26,31)(H,27,30)/t18-/m1/s1. The third kappa shape index (κ3) is 6.25. The van der Waals surface area contributed by atoms with Crippen LogP contribution in [0.3, 0.4) is 0 Å². The second kappa shape index (κ2) is 11.5. The molecule has 0 aliphatic heterocycles. The Balaban J connectivity index is 1.92. The molecule has 36 heavy (non-hydrogen) atoms. The average molecular weight is 511 g/mol. The minimum Gasteiger partial charge on any atom is -0.350 e. The number of rotatable bonds is 10. The zero-order valence-electron chi connectivity index (χ0n) is 19.7. The molecule has 0 bridgehead atoms. The maximum atomic E-state index is 13.4. The quantitative estimate of drug-likeness (QED) is 0.313. The number of non-ortho nitro benzene ring substituents is 1. The molecule has 2 amide bonds. The van der Waals surface area contributed by atoms with Crippen molar-refractivity contribution in [1.29, 1.82) is 0 Å². The van der Waals surface area contributed by atoms with Crippen LogP contribution < -0.4 is 14.9 Å². The third-order valence-corrected chi connectivity index (χ3v) is 7.19. The molecule has 0 unspecified atom stereocenters. The summed E-state index contributed by atoms with van der Waals surface area (Å²) in [6.07, 6.45) is 0.724. The second-order valence-electron chi connectivity index (χ2n) is 7.97. The van der Waals surface area contributed by atoms with E-state index in [1.807, 2.05) is 13.8 Å². The molecular formula is C25H26N4O6S. The van der Waals surface area contributed by atoms with Gasteiger partial charge in [0.25, 0.3) is 21.6 Å². The molecule has 0 aromatic heterocycles. The molecule has 0 radical (unpaired) electrons. The van der Waals surface area contributed by atoms with Gasteiger partial charge in [-0.05, 0) is 49.7 Å². The van der Waals surface area contributed by atoms with E-state index in [-0.39, 0.29) is 39.5 Å². The predicted molar refractivity (Wildman–Crippen MR) is 136 cm³/mol. The zero-order valence-corrected chi connectivity index (χ0v) is 20.6. The number of amides is 2. The number of nitro groups is 1. The molecule has 0 saturated carbocycles. The monoisotopic (exact) mass is 510 g/mol. The van der Waals surface area contributed by atoms with Crippen LogP contribution in [0.15, 0.2) is 83.8 Å². The molecule has 3 aromatic carbocycles. The first kappa shape index (κ1) is 26.4. The van der Waals surface area contributed by atoms with Gasteiger partial charge >= 0.3 is 0 Å². The number of carbonyl (C=O) groups excluding carboxylic acids is 2. The van der Waals surface area contributed by atoms with Crippen molar-refractivity contribution >= 4 is 38.9 Å². The molecule has 10 nitrogen and oxygen atoms in total. The third-order valence-electron chi connectivity index (χ3n) is 5.40. The Bertz CT molecular complexity index is 1340. The maximum absolute atomic E-state index is 13.4. The van der Waals surface area contributed by atoms with E-state index in [4.69, 9.17) is 0 Å². The summed E-state index contributed by atoms with van der Waals surface area (Å²) in [7, 11) is -4.20. The Hall–Kier alpha value is -4.25. The molecule has 3 aromatic rings. The molecule has 2 N–H and O–H groups in total. The van der Waals surface area contributed by atoms with Crippen LogP contribution in [-0.2, 0) is 14.8 Å². The molecule has 1 atom stereocenters. The summed E-state index contributed by atoms with van der Waals surface area (Å²) in [4.78, 5) is 36.1. The van der Waals surface area contributed by atoms with E-state index in [0.29, 0.717) is 0 Å². The van der Waals surface area contributed by atoms with Gasteiger partial charge in [-0.25, -0.2) is 8.42 Å². The number of nitrogens with zero attached hydrogens (tertiary/aromatic N) is 2. The smallest absolute Gasteiger partial charge is 0.269 e. The number of nitrogens with one attached hydrogen (secondary N) is 2. The van der Waals surface area contributed by atoms with Crippen molar-refractivity contribution in [3.05, 3.63) is 94.5 Å². The summed E-state index contributed by atoms with van der Waals surface area (Å²) in [5, 5.41) is 16.5. The number of para-hydroxylation sites is 1. The van der Waals surface area contributed by atoms with Gasteiger partial charge in [0.05, 0.1) is 26.8 Å². The largest absolute Gasteiger partial charge is 0.350 e. The van der Waals surface area contributed by atoms with Crippen LogP contribution in [0.1, 0.15) is 30.6 Å². The van der Waals surface area contributed by atoms with E-state index in [0.717, 1.165) is 22.9 Å². The first-order chi connectivity index (χ1) is 17.1. The predicted octanol–water partition coefficient (Wildman–Crippen LogP) is 3.96. The molecule has 0 fully saturated rings. The Morgan fingerprint density at radius 2 is 1.58 bits per heavy atom. The molecule has 0 aliphatic carbocycles. The Kier molecular flexibility index (Phi) is 8.38. The fourth-order valence-electron chi connectivity index (χ4n) is 3.29. The van der Waals surface area contributed by atoms with Gasteiger partial charge in [0.15, 0.2) is 0 Å². The molecule has 11 heteroatoms. The van der Waals surface area contributed by atoms with Gasteiger partial charge in [-0.15, -0.1) is 0 Å². The number of sulfonamides is 1. The fourth-order valence-corrected chi connectivity index (χ4v) is 4.73. The number of nitro benzene ring substituents is 1. The highest BCUT2D eigenvalue weighted by atomic mass is 32.2. The van der Waals surface area contributed by atoms with Crippen LogP contribution >= 0.6 is 0 Å². The summed E-state index contributed by atoms with van der Waals surface area (Å²) < 4.78 is 27.7. The van der Waals surface area contributed by atoms with Gasteiger partial charge in [0, 0.05) is 18.2 Å². The van der Waals surface area contributed by atoms with E-state index in [9.17, 15) is 28.1 Å². The minimum absolute atomic E-state index is 0.0514. The summed E-state index contributed by atoms with van der Waals surface area (Å²) in [5.74, 6) is -1.07. The number of anilines is 2. The van der Waals surface area contributed by atoms with E-state index in [1.165, 1.54) is 24.3 Å².